The van der Waals surface area contributed by atoms with Gasteiger partial charge in [-0.05, 0) is 37.7 Å². The predicted octanol–water partition coefficient (Wildman–Crippen LogP) is 2.84. The average molecular weight is 364 g/mol. The van der Waals surface area contributed by atoms with E-state index < -0.39 is 6.04 Å². The van der Waals surface area contributed by atoms with Gasteiger partial charge in [0, 0.05) is 17.3 Å². The number of hydrogen-bond acceptors (Lipinski definition) is 5. The van der Waals surface area contributed by atoms with Crippen molar-refractivity contribution in [1.82, 2.24) is 10.6 Å². The molecule has 0 amide bonds. The van der Waals surface area contributed by atoms with Gasteiger partial charge in [0.1, 0.15) is 11.5 Å². The molecule has 1 aromatic rings. The molecule has 2 rings (SSSR count). The van der Waals surface area contributed by atoms with E-state index in [1.54, 1.807) is 27.2 Å². The molecule has 6 nitrogen and oxygen atoms in total. The van der Waals surface area contributed by atoms with Crippen molar-refractivity contribution in [2.45, 2.75) is 32.7 Å². The fraction of sp³-hybridized carbons (Fsp3) is 0.444. The van der Waals surface area contributed by atoms with Crippen LogP contribution in [0.1, 0.15) is 38.3 Å². The van der Waals surface area contributed by atoms with E-state index in [0.717, 1.165) is 17.7 Å². The fourth-order valence-electron chi connectivity index (χ4n) is 2.81. The Hall–Kier alpha value is -2.28. The summed E-state index contributed by atoms with van der Waals surface area (Å²) < 4.78 is 16.0. The summed E-state index contributed by atoms with van der Waals surface area (Å²) in [5.74, 6) is 0.920. The number of rotatable bonds is 7. The van der Waals surface area contributed by atoms with Crippen LogP contribution in [0.5, 0.6) is 11.5 Å². The summed E-state index contributed by atoms with van der Waals surface area (Å²) in [5, 5.41) is 6.74. The third-order valence-electron chi connectivity index (χ3n) is 3.90. The number of hydrogen-bond donors (Lipinski definition) is 2. The van der Waals surface area contributed by atoms with E-state index in [1.807, 2.05) is 19.1 Å². The molecule has 0 unspecified atom stereocenters. The second-order valence-corrected chi connectivity index (χ2v) is 5.91. The first-order valence-corrected chi connectivity index (χ1v) is 8.66. The Labute approximate surface area is 153 Å². The number of allylic oxidation sites excluding steroid dienone is 1. The summed E-state index contributed by atoms with van der Waals surface area (Å²) in [6.45, 7) is 4.14. The van der Waals surface area contributed by atoms with Crippen molar-refractivity contribution in [3.8, 4) is 11.5 Å². The van der Waals surface area contributed by atoms with E-state index in [9.17, 15) is 4.79 Å². The minimum atomic E-state index is -0.449. The third kappa shape index (κ3) is 4.22. The number of thiocarbonyl (C=S) groups is 1. The lowest BCUT2D eigenvalue weighted by atomic mass is 9.93. The summed E-state index contributed by atoms with van der Waals surface area (Å²) in [4.78, 5) is 12.6. The van der Waals surface area contributed by atoms with E-state index >= 15 is 0 Å². The number of nitrogens with one attached hydrogen (secondary N) is 2. The molecular formula is C18H24N2O4S. The van der Waals surface area contributed by atoms with E-state index in [4.69, 9.17) is 26.4 Å². The maximum absolute atomic E-state index is 12.6. The van der Waals surface area contributed by atoms with Crippen LogP contribution in [0.4, 0.5) is 0 Å². The Morgan fingerprint density at radius 2 is 2.00 bits per heavy atom. The second kappa shape index (κ2) is 8.71. The van der Waals surface area contributed by atoms with Gasteiger partial charge in [-0.25, -0.2) is 4.79 Å². The number of carbonyl (C=O) groups is 1. The highest BCUT2D eigenvalue weighted by Crippen LogP contribution is 2.36. The molecule has 0 fully saturated rings. The Kier molecular flexibility index (Phi) is 6.64. The largest absolute Gasteiger partial charge is 0.497 e. The van der Waals surface area contributed by atoms with Crippen LogP contribution >= 0.6 is 12.2 Å². The van der Waals surface area contributed by atoms with Crippen molar-refractivity contribution in [2.24, 2.45) is 0 Å². The molecule has 1 aromatic carbocycles. The lowest BCUT2D eigenvalue weighted by Gasteiger charge is -2.31. The van der Waals surface area contributed by atoms with Crippen LogP contribution in [0.25, 0.3) is 0 Å². The highest BCUT2D eigenvalue weighted by Gasteiger charge is 2.33. The molecule has 0 aromatic heterocycles. The summed E-state index contributed by atoms with van der Waals surface area (Å²) in [6.07, 6.45) is 1.57. The molecule has 1 aliphatic heterocycles. The summed E-state index contributed by atoms with van der Waals surface area (Å²) in [5.41, 5.74) is 2.11. The second-order valence-electron chi connectivity index (χ2n) is 5.50. The monoisotopic (exact) mass is 364 g/mol. The van der Waals surface area contributed by atoms with Gasteiger partial charge in [0.2, 0.25) is 0 Å². The fourth-order valence-corrected chi connectivity index (χ4v) is 3.05. The maximum atomic E-state index is 12.6. The van der Waals surface area contributed by atoms with Gasteiger partial charge in [0.25, 0.3) is 0 Å². The average Bonchev–Trinajstić information content (AvgIpc) is 2.61. The standard InChI is InChI=1S/C18H24N2O4S/c1-5-7-13-15(17(21)24-6-2)16(20-18(25)19-13)12-9-8-11(22-3)10-14(12)23-4/h8-10,16H,5-7H2,1-4H3,(H2,19,20,25)/t16-/m1/s1. The first-order valence-electron chi connectivity index (χ1n) is 8.25. The minimum absolute atomic E-state index is 0.304. The Morgan fingerprint density at radius 3 is 2.60 bits per heavy atom. The molecule has 1 aliphatic rings. The zero-order valence-corrected chi connectivity index (χ0v) is 15.8. The van der Waals surface area contributed by atoms with Crippen LogP contribution in [-0.2, 0) is 9.53 Å². The van der Waals surface area contributed by atoms with Crippen molar-refractivity contribution < 1.29 is 19.0 Å². The quantitative estimate of drug-likeness (QED) is 0.569. The molecule has 2 N–H and O–H groups in total. The molecule has 1 atom stereocenters. The Balaban J connectivity index is 2.57. The van der Waals surface area contributed by atoms with Crippen molar-refractivity contribution in [1.29, 1.82) is 0 Å². The molecule has 0 saturated heterocycles. The highest BCUT2D eigenvalue weighted by atomic mass is 32.1. The molecule has 1 heterocycles. The maximum Gasteiger partial charge on any atom is 0.338 e. The van der Waals surface area contributed by atoms with Crippen LogP contribution in [0, 0.1) is 0 Å². The van der Waals surface area contributed by atoms with E-state index in [2.05, 4.69) is 10.6 Å². The lowest BCUT2D eigenvalue weighted by Crippen LogP contribution is -2.45. The van der Waals surface area contributed by atoms with Crippen LogP contribution in [-0.4, -0.2) is 31.9 Å². The minimum Gasteiger partial charge on any atom is -0.497 e. The Bertz CT molecular complexity index is 688. The number of methoxy groups -OCH3 is 2. The summed E-state index contributed by atoms with van der Waals surface area (Å²) >= 11 is 5.33. The van der Waals surface area contributed by atoms with Crippen LogP contribution in [0.15, 0.2) is 29.5 Å². The van der Waals surface area contributed by atoms with Crippen molar-refractivity contribution in [2.75, 3.05) is 20.8 Å². The van der Waals surface area contributed by atoms with E-state index in [1.165, 1.54) is 0 Å². The molecular weight excluding hydrogens is 340 g/mol. The van der Waals surface area contributed by atoms with Gasteiger partial charge >= 0.3 is 5.97 Å². The predicted molar refractivity (Wildman–Crippen MR) is 99.7 cm³/mol. The van der Waals surface area contributed by atoms with Crippen molar-refractivity contribution >= 4 is 23.3 Å². The lowest BCUT2D eigenvalue weighted by molar-refractivity contribution is -0.139. The first-order chi connectivity index (χ1) is 12.0. The molecule has 0 saturated carbocycles. The summed E-state index contributed by atoms with van der Waals surface area (Å²) in [6, 6.07) is 5.03. The molecule has 0 aliphatic carbocycles. The van der Waals surface area contributed by atoms with E-state index in [0.29, 0.717) is 35.2 Å². The van der Waals surface area contributed by atoms with Gasteiger partial charge in [-0.1, -0.05) is 13.3 Å². The SMILES string of the molecule is CCCC1=C(C(=O)OCC)[C@@H](c2ccc(OC)cc2OC)NC(=S)N1. The number of carbonyl (C=O) groups excluding carboxylic acids is 1. The number of benzene rings is 1. The molecule has 0 spiro atoms. The van der Waals surface area contributed by atoms with Crippen LogP contribution < -0.4 is 20.1 Å². The Morgan fingerprint density at radius 1 is 1.24 bits per heavy atom. The zero-order valence-electron chi connectivity index (χ0n) is 15.0. The van der Waals surface area contributed by atoms with Crippen LogP contribution in [0.2, 0.25) is 0 Å². The molecule has 0 bridgehead atoms. The topological polar surface area (TPSA) is 68.8 Å². The molecule has 136 valence electrons. The van der Waals surface area contributed by atoms with Crippen molar-refractivity contribution in [3.05, 3.63) is 35.0 Å². The van der Waals surface area contributed by atoms with Gasteiger partial charge in [0.05, 0.1) is 32.4 Å². The van der Waals surface area contributed by atoms with Crippen molar-refractivity contribution in [3.63, 3.8) is 0 Å². The summed E-state index contributed by atoms with van der Waals surface area (Å²) in [7, 11) is 3.17. The molecule has 25 heavy (non-hydrogen) atoms. The van der Waals surface area contributed by atoms with Gasteiger partial charge in [-0.15, -0.1) is 0 Å². The van der Waals surface area contributed by atoms with E-state index in [-0.39, 0.29) is 5.97 Å². The number of ether oxygens (including phenoxy) is 3. The van der Waals surface area contributed by atoms with Gasteiger partial charge < -0.3 is 24.8 Å². The zero-order chi connectivity index (χ0) is 18.4. The van der Waals surface area contributed by atoms with Gasteiger partial charge in [0.15, 0.2) is 5.11 Å². The normalized spacial score (nSPS) is 16.8. The number of esters is 1. The third-order valence-corrected chi connectivity index (χ3v) is 4.12. The molecule has 7 heteroatoms. The first kappa shape index (κ1) is 19.1. The van der Waals surface area contributed by atoms with Crippen LogP contribution in [0.3, 0.4) is 0 Å². The van der Waals surface area contributed by atoms with Gasteiger partial charge in [-0.3, -0.25) is 0 Å². The van der Waals surface area contributed by atoms with Gasteiger partial charge in [-0.2, -0.15) is 0 Å². The molecule has 0 radical (unpaired) electrons. The highest BCUT2D eigenvalue weighted by molar-refractivity contribution is 7.80. The smallest absolute Gasteiger partial charge is 0.338 e.